The van der Waals surface area contributed by atoms with E-state index in [-0.39, 0.29) is 23.6 Å². The number of ether oxygens (including phenoxy) is 2. The van der Waals surface area contributed by atoms with E-state index in [0.717, 1.165) is 12.1 Å². The van der Waals surface area contributed by atoms with Gasteiger partial charge in [-0.25, -0.2) is 0 Å². The molecule has 5 nitrogen and oxygen atoms in total. The first-order valence-electron chi connectivity index (χ1n) is 7.46. The molecule has 1 N–H and O–H groups in total. The van der Waals surface area contributed by atoms with Crippen molar-refractivity contribution in [2.24, 2.45) is 0 Å². The predicted molar refractivity (Wildman–Crippen MR) is 87.1 cm³/mol. The summed E-state index contributed by atoms with van der Waals surface area (Å²) in [7, 11) is 0. The molecule has 3 rings (SSSR count). The molecule has 2 aromatic rings. The highest BCUT2D eigenvalue weighted by Crippen LogP contribution is 2.29. The summed E-state index contributed by atoms with van der Waals surface area (Å²) in [5.74, 6) is -0.755. The molecule has 0 atom stereocenters. The molecule has 1 aliphatic rings. The van der Waals surface area contributed by atoms with Crippen LogP contribution in [0.5, 0.6) is 11.5 Å². The number of anilines is 1. The summed E-state index contributed by atoms with van der Waals surface area (Å²) in [6.07, 6.45) is -2.46. The minimum Gasteiger partial charge on any atom is -0.482 e. The largest absolute Gasteiger partial charge is 0.573 e. The average Bonchev–Trinajstić information content (AvgIpc) is 2.58. The molecule has 134 valence electrons. The Morgan fingerprint density at radius 1 is 1.19 bits per heavy atom. The minimum absolute atomic E-state index is 0.101. The summed E-state index contributed by atoms with van der Waals surface area (Å²) in [6.45, 7) is -0.101. The monoisotopic (exact) mass is 363 g/mol. The number of carbonyl (C=O) groups is 2. The molecule has 0 fully saturated rings. The van der Waals surface area contributed by atoms with Gasteiger partial charge in [0.1, 0.15) is 11.5 Å². The fourth-order valence-corrected chi connectivity index (χ4v) is 2.33. The first-order valence-corrected chi connectivity index (χ1v) is 7.46. The number of alkyl halides is 3. The molecule has 0 saturated carbocycles. The quantitative estimate of drug-likeness (QED) is 0.663. The van der Waals surface area contributed by atoms with Crippen molar-refractivity contribution in [2.75, 3.05) is 11.9 Å². The topological polar surface area (TPSA) is 64.6 Å². The zero-order valence-electron chi connectivity index (χ0n) is 13.2. The molecule has 8 heteroatoms. The fourth-order valence-electron chi connectivity index (χ4n) is 2.33. The highest BCUT2D eigenvalue weighted by atomic mass is 19.4. The Balaban J connectivity index is 1.80. The number of benzene rings is 2. The van der Waals surface area contributed by atoms with Crippen molar-refractivity contribution in [1.29, 1.82) is 0 Å². The molecule has 0 radical (unpaired) electrons. The summed E-state index contributed by atoms with van der Waals surface area (Å²) < 4.78 is 46.4. The van der Waals surface area contributed by atoms with Crippen LogP contribution >= 0.6 is 0 Å². The maximum absolute atomic E-state index is 12.4. The van der Waals surface area contributed by atoms with E-state index in [1.165, 1.54) is 42.5 Å². The number of halogens is 3. The molecule has 26 heavy (non-hydrogen) atoms. The van der Waals surface area contributed by atoms with E-state index < -0.39 is 17.9 Å². The lowest BCUT2D eigenvalue weighted by atomic mass is 10.1. The van der Waals surface area contributed by atoms with Crippen LogP contribution in [0.25, 0.3) is 6.08 Å². The molecular formula is C18H12F3NO4. The molecule has 2 aromatic carbocycles. The maximum Gasteiger partial charge on any atom is 0.573 e. The van der Waals surface area contributed by atoms with Crippen LogP contribution < -0.4 is 14.8 Å². The number of hydrogen-bond acceptors (Lipinski definition) is 4. The number of amides is 1. The van der Waals surface area contributed by atoms with Gasteiger partial charge in [0.25, 0.3) is 5.91 Å². The highest BCUT2D eigenvalue weighted by Gasteiger charge is 2.31. The molecular weight excluding hydrogens is 351 g/mol. The maximum atomic E-state index is 12.4. The van der Waals surface area contributed by atoms with Gasteiger partial charge in [0.15, 0.2) is 12.4 Å². The smallest absolute Gasteiger partial charge is 0.482 e. The number of hydrogen-bond donors (Lipinski definition) is 1. The van der Waals surface area contributed by atoms with Gasteiger partial charge in [-0.1, -0.05) is 18.2 Å². The lowest BCUT2D eigenvalue weighted by molar-refractivity contribution is -0.274. The number of ketones is 1. The molecule has 1 aliphatic heterocycles. The van der Waals surface area contributed by atoms with Crippen molar-refractivity contribution in [1.82, 2.24) is 0 Å². The third kappa shape index (κ3) is 4.21. The van der Waals surface area contributed by atoms with Crippen LogP contribution in [0.2, 0.25) is 0 Å². The summed E-state index contributed by atoms with van der Waals surface area (Å²) in [4.78, 5) is 23.6. The molecule has 1 amide bonds. The van der Waals surface area contributed by atoms with Crippen molar-refractivity contribution >= 4 is 23.5 Å². The van der Waals surface area contributed by atoms with Crippen molar-refractivity contribution in [3.8, 4) is 11.5 Å². The van der Waals surface area contributed by atoms with Gasteiger partial charge in [-0.2, -0.15) is 0 Å². The van der Waals surface area contributed by atoms with E-state index in [4.69, 9.17) is 4.74 Å². The standard InChI is InChI=1S/C18H12F3NO4/c19-18(20,21)26-15-4-2-1-3-11(15)5-7-14(23)12-6-8-16-13(9-12)22-17(24)10-25-16/h1-9H,10H2,(H,22,24)/b7-5+. The summed E-state index contributed by atoms with van der Waals surface area (Å²) in [6, 6.07) is 9.95. The zero-order valence-corrected chi connectivity index (χ0v) is 13.2. The van der Waals surface area contributed by atoms with E-state index in [2.05, 4.69) is 10.1 Å². The third-order valence-corrected chi connectivity index (χ3v) is 3.46. The Hall–Kier alpha value is -3.29. The number of para-hydroxylation sites is 1. The molecule has 0 unspecified atom stereocenters. The second-order valence-corrected chi connectivity index (χ2v) is 5.33. The van der Waals surface area contributed by atoms with Gasteiger partial charge < -0.3 is 14.8 Å². The first kappa shape index (κ1) is 17.5. The lowest BCUT2D eigenvalue weighted by Crippen LogP contribution is -2.25. The Morgan fingerprint density at radius 3 is 2.73 bits per heavy atom. The SMILES string of the molecule is O=C1COc2ccc(C(=O)/C=C/c3ccccc3OC(F)(F)F)cc2N1. The Labute approximate surface area is 146 Å². The van der Waals surface area contributed by atoms with Crippen LogP contribution in [0.15, 0.2) is 48.5 Å². The molecule has 0 aromatic heterocycles. The number of rotatable bonds is 4. The third-order valence-electron chi connectivity index (χ3n) is 3.46. The van der Waals surface area contributed by atoms with Crippen molar-refractivity contribution in [3.05, 3.63) is 59.7 Å². The summed E-state index contributed by atoms with van der Waals surface area (Å²) >= 11 is 0. The highest BCUT2D eigenvalue weighted by molar-refractivity contribution is 6.08. The predicted octanol–water partition coefficient (Wildman–Crippen LogP) is 3.81. The Kier molecular flexibility index (Phi) is 4.66. The Bertz CT molecular complexity index is 890. The van der Waals surface area contributed by atoms with E-state index in [0.29, 0.717) is 11.4 Å². The zero-order chi connectivity index (χ0) is 18.7. The molecule has 0 bridgehead atoms. The lowest BCUT2D eigenvalue weighted by Gasteiger charge is -2.18. The first-order chi connectivity index (χ1) is 12.3. The van der Waals surface area contributed by atoms with E-state index in [1.807, 2.05) is 0 Å². The Morgan fingerprint density at radius 2 is 1.96 bits per heavy atom. The normalized spacial score (nSPS) is 13.7. The number of nitrogens with one attached hydrogen (secondary N) is 1. The van der Waals surface area contributed by atoms with Gasteiger partial charge in [0.05, 0.1) is 5.69 Å². The molecule has 0 aliphatic carbocycles. The van der Waals surface area contributed by atoms with E-state index in [9.17, 15) is 22.8 Å². The minimum atomic E-state index is -4.83. The van der Waals surface area contributed by atoms with Crippen LogP contribution in [-0.2, 0) is 4.79 Å². The van der Waals surface area contributed by atoms with E-state index >= 15 is 0 Å². The number of fused-ring (bicyclic) bond motifs is 1. The van der Waals surface area contributed by atoms with Gasteiger partial charge in [0.2, 0.25) is 0 Å². The fraction of sp³-hybridized carbons (Fsp3) is 0.111. The second kappa shape index (κ2) is 6.91. The van der Waals surface area contributed by atoms with Crippen LogP contribution in [0, 0.1) is 0 Å². The van der Waals surface area contributed by atoms with Gasteiger partial charge in [-0.05, 0) is 36.4 Å². The van der Waals surface area contributed by atoms with Crippen molar-refractivity contribution in [2.45, 2.75) is 6.36 Å². The number of carbonyl (C=O) groups excluding carboxylic acids is 2. The van der Waals surface area contributed by atoms with Crippen LogP contribution in [0.3, 0.4) is 0 Å². The van der Waals surface area contributed by atoms with Gasteiger partial charge in [0, 0.05) is 11.1 Å². The van der Waals surface area contributed by atoms with Crippen LogP contribution in [-0.4, -0.2) is 24.7 Å². The molecule has 1 heterocycles. The van der Waals surface area contributed by atoms with Gasteiger partial charge in [-0.3, -0.25) is 9.59 Å². The van der Waals surface area contributed by atoms with Crippen LogP contribution in [0.4, 0.5) is 18.9 Å². The number of allylic oxidation sites excluding steroid dienone is 1. The van der Waals surface area contributed by atoms with Gasteiger partial charge in [-0.15, -0.1) is 13.2 Å². The summed E-state index contributed by atoms with van der Waals surface area (Å²) in [5, 5.41) is 2.58. The van der Waals surface area contributed by atoms with E-state index in [1.54, 1.807) is 0 Å². The second-order valence-electron chi connectivity index (χ2n) is 5.33. The molecule has 0 spiro atoms. The van der Waals surface area contributed by atoms with Crippen molar-refractivity contribution in [3.63, 3.8) is 0 Å². The summed E-state index contributed by atoms with van der Waals surface area (Å²) in [5.41, 5.74) is 0.717. The van der Waals surface area contributed by atoms with Gasteiger partial charge >= 0.3 is 6.36 Å². The van der Waals surface area contributed by atoms with Crippen molar-refractivity contribution < 1.29 is 32.2 Å². The average molecular weight is 363 g/mol. The molecule has 0 saturated heterocycles. The van der Waals surface area contributed by atoms with Crippen LogP contribution in [0.1, 0.15) is 15.9 Å².